The van der Waals surface area contributed by atoms with Gasteiger partial charge in [-0.1, -0.05) is 25.4 Å². The Bertz CT molecular complexity index is 316. The van der Waals surface area contributed by atoms with Gasteiger partial charge in [0.2, 0.25) is 0 Å². The third-order valence-corrected chi connectivity index (χ3v) is 5.13. The minimum absolute atomic E-state index is 0.203. The molecule has 1 heterocycles. The molecule has 0 aromatic carbocycles. The smallest absolute Gasteiger partial charge is 0.144 e. The summed E-state index contributed by atoms with van der Waals surface area (Å²) in [6.45, 7) is 12.3. The van der Waals surface area contributed by atoms with Crippen molar-refractivity contribution in [1.29, 1.82) is 0 Å². The highest BCUT2D eigenvalue weighted by Gasteiger charge is 2.27. The van der Waals surface area contributed by atoms with E-state index in [1.165, 1.54) is 25.3 Å². The molecule has 0 spiro atoms. The summed E-state index contributed by atoms with van der Waals surface area (Å²) in [5.41, 5.74) is 5.50. The summed E-state index contributed by atoms with van der Waals surface area (Å²) < 4.78 is 0.394. The summed E-state index contributed by atoms with van der Waals surface area (Å²) in [4.78, 5) is 2.56. The highest BCUT2D eigenvalue weighted by atomic mass is 32.2. The quantitative estimate of drug-likeness (QED) is 0.259. The maximum atomic E-state index is 8.74. The van der Waals surface area contributed by atoms with E-state index in [2.05, 4.69) is 35.7 Å². The third kappa shape index (κ3) is 5.61. The van der Waals surface area contributed by atoms with Crippen LogP contribution in [0, 0.1) is 5.41 Å². The van der Waals surface area contributed by atoms with Crippen molar-refractivity contribution in [1.82, 2.24) is 4.90 Å². The molecule has 1 fully saturated rings. The molecule has 0 radical (unpaired) electrons. The van der Waals surface area contributed by atoms with E-state index >= 15 is 0 Å². The van der Waals surface area contributed by atoms with Crippen molar-refractivity contribution in [3.63, 3.8) is 0 Å². The van der Waals surface area contributed by atoms with Gasteiger partial charge in [0.1, 0.15) is 5.84 Å². The molecule has 0 saturated carbocycles. The fourth-order valence-electron chi connectivity index (χ4n) is 2.47. The van der Waals surface area contributed by atoms with E-state index in [1.807, 2.05) is 13.8 Å². The summed E-state index contributed by atoms with van der Waals surface area (Å²) in [6.07, 6.45) is 3.27. The molecular formula is C14H29N3OS. The number of hydrogen-bond acceptors (Lipinski definition) is 4. The molecule has 0 aromatic heterocycles. The van der Waals surface area contributed by atoms with Gasteiger partial charge in [0.25, 0.3) is 0 Å². The van der Waals surface area contributed by atoms with Gasteiger partial charge in [-0.3, -0.25) is 0 Å². The Morgan fingerprint density at radius 1 is 1.42 bits per heavy atom. The molecule has 0 atom stereocenters. The largest absolute Gasteiger partial charge is 0.409 e. The maximum Gasteiger partial charge on any atom is 0.144 e. The Morgan fingerprint density at radius 3 is 2.68 bits per heavy atom. The molecule has 1 aliphatic rings. The van der Waals surface area contributed by atoms with E-state index in [0.717, 1.165) is 19.4 Å². The van der Waals surface area contributed by atoms with Crippen LogP contribution in [0.5, 0.6) is 0 Å². The molecule has 0 aliphatic carbocycles. The first-order valence-electron chi connectivity index (χ1n) is 7.11. The van der Waals surface area contributed by atoms with Gasteiger partial charge in [-0.15, -0.1) is 0 Å². The molecule has 3 N–H and O–H groups in total. The predicted molar refractivity (Wildman–Crippen MR) is 84.0 cm³/mol. The zero-order valence-corrected chi connectivity index (χ0v) is 13.6. The first-order valence-corrected chi connectivity index (χ1v) is 8.10. The van der Waals surface area contributed by atoms with Crippen LogP contribution in [0.2, 0.25) is 0 Å². The summed E-state index contributed by atoms with van der Waals surface area (Å²) >= 11 is 2.07. The Morgan fingerprint density at radius 2 is 2.11 bits per heavy atom. The number of oxime groups is 1. The van der Waals surface area contributed by atoms with Gasteiger partial charge in [-0.2, -0.15) is 11.8 Å². The Balaban J connectivity index is 2.24. The zero-order chi connectivity index (χ0) is 14.5. The van der Waals surface area contributed by atoms with Crippen LogP contribution in [0.4, 0.5) is 0 Å². The number of hydrogen-bond donors (Lipinski definition) is 2. The van der Waals surface area contributed by atoms with E-state index in [9.17, 15) is 0 Å². The van der Waals surface area contributed by atoms with Crippen molar-refractivity contribution in [2.75, 3.05) is 25.4 Å². The van der Waals surface area contributed by atoms with E-state index in [0.29, 0.717) is 10.6 Å². The number of unbranched alkanes of at least 4 members (excludes halogenated alkanes) is 1. The van der Waals surface area contributed by atoms with Gasteiger partial charge in [-0.05, 0) is 33.2 Å². The number of nitrogens with two attached hydrogens (primary N) is 1. The van der Waals surface area contributed by atoms with Gasteiger partial charge in [0.05, 0.1) is 0 Å². The second-order valence-corrected chi connectivity index (χ2v) is 8.51. The van der Waals surface area contributed by atoms with Gasteiger partial charge in [0.15, 0.2) is 0 Å². The highest BCUT2D eigenvalue weighted by molar-refractivity contribution is 8.00. The van der Waals surface area contributed by atoms with Crippen molar-refractivity contribution >= 4 is 17.6 Å². The fourth-order valence-corrected chi connectivity index (χ4v) is 3.65. The minimum atomic E-state index is -0.203. The number of rotatable bonds is 6. The van der Waals surface area contributed by atoms with Crippen LogP contribution in [-0.2, 0) is 0 Å². The standard InChI is InChI=1S/C14H29N3OS/c1-13(2,12(15)16-18)7-5-6-8-17-9-10-19-14(3,4)11-17/h18H,5-11H2,1-4H3,(H2,15,16). The van der Waals surface area contributed by atoms with Crippen LogP contribution in [0.15, 0.2) is 5.16 Å². The minimum Gasteiger partial charge on any atom is -0.409 e. The van der Waals surface area contributed by atoms with Crippen LogP contribution in [0.1, 0.15) is 47.0 Å². The van der Waals surface area contributed by atoms with Gasteiger partial charge in [0, 0.05) is 29.0 Å². The van der Waals surface area contributed by atoms with Gasteiger partial charge >= 0.3 is 0 Å². The monoisotopic (exact) mass is 287 g/mol. The lowest BCUT2D eigenvalue weighted by molar-refractivity contribution is 0.250. The summed E-state index contributed by atoms with van der Waals surface area (Å²) in [7, 11) is 0. The molecule has 1 rings (SSSR count). The van der Waals surface area contributed by atoms with Gasteiger partial charge in [-0.25, -0.2) is 0 Å². The molecule has 112 valence electrons. The van der Waals surface area contributed by atoms with Crippen LogP contribution in [0.25, 0.3) is 0 Å². The summed E-state index contributed by atoms with van der Waals surface area (Å²) in [6, 6.07) is 0. The zero-order valence-electron chi connectivity index (χ0n) is 12.8. The average Bonchev–Trinajstić information content (AvgIpc) is 2.32. The molecule has 0 bridgehead atoms. The second-order valence-electron chi connectivity index (χ2n) is 6.71. The Hall–Kier alpha value is -0.420. The van der Waals surface area contributed by atoms with Crippen LogP contribution < -0.4 is 5.73 Å². The molecule has 5 heteroatoms. The highest BCUT2D eigenvalue weighted by Crippen LogP contribution is 2.30. The molecule has 1 aliphatic heterocycles. The molecule has 19 heavy (non-hydrogen) atoms. The van der Waals surface area contributed by atoms with E-state index in [4.69, 9.17) is 10.9 Å². The van der Waals surface area contributed by atoms with Crippen LogP contribution in [-0.4, -0.2) is 46.1 Å². The van der Waals surface area contributed by atoms with Crippen LogP contribution >= 0.6 is 11.8 Å². The third-order valence-electron chi connectivity index (χ3n) is 3.83. The Kier molecular flexibility index (Phi) is 5.99. The molecule has 1 saturated heterocycles. The van der Waals surface area contributed by atoms with Crippen LogP contribution in [0.3, 0.4) is 0 Å². The van der Waals surface area contributed by atoms with Crippen molar-refractivity contribution < 1.29 is 5.21 Å². The van der Waals surface area contributed by atoms with Crippen molar-refractivity contribution in [3.8, 4) is 0 Å². The van der Waals surface area contributed by atoms with E-state index < -0.39 is 0 Å². The Labute approximate surface area is 121 Å². The predicted octanol–water partition coefficient (Wildman–Crippen LogP) is 2.76. The number of amidine groups is 1. The van der Waals surface area contributed by atoms with Gasteiger partial charge < -0.3 is 15.8 Å². The molecule has 0 amide bonds. The van der Waals surface area contributed by atoms with Crippen molar-refractivity contribution in [2.24, 2.45) is 16.3 Å². The fraction of sp³-hybridized carbons (Fsp3) is 0.929. The first kappa shape index (κ1) is 16.6. The average molecular weight is 287 g/mol. The van der Waals surface area contributed by atoms with Crippen molar-refractivity contribution in [2.45, 2.75) is 51.7 Å². The number of nitrogens with zero attached hydrogens (tertiary/aromatic N) is 2. The SMILES string of the molecule is CC1(C)CN(CCCCC(C)(C)C(N)=NO)CCS1. The van der Waals surface area contributed by atoms with E-state index in [-0.39, 0.29) is 5.41 Å². The lowest BCUT2D eigenvalue weighted by atomic mass is 9.86. The maximum absolute atomic E-state index is 8.74. The molecule has 0 unspecified atom stereocenters. The lowest BCUT2D eigenvalue weighted by Crippen LogP contribution is -2.43. The summed E-state index contributed by atoms with van der Waals surface area (Å²) in [5.74, 6) is 1.57. The molecule has 4 nitrogen and oxygen atoms in total. The molecule has 0 aromatic rings. The first-order chi connectivity index (χ1) is 8.77. The normalized spacial score (nSPS) is 21.6. The van der Waals surface area contributed by atoms with Crippen molar-refractivity contribution in [3.05, 3.63) is 0 Å². The second kappa shape index (κ2) is 6.84. The topological polar surface area (TPSA) is 61.8 Å². The number of thioether (sulfide) groups is 1. The lowest BCUT2D eigenvalue weighted by Gasteiger charge is -2.37. The summed E-state index contributed by atoms with van der Waals surface area (Å²) in [5, 5.41) is 11.9. The van der Waals surface area contributed by atoms with E-state index in [1.54, 1.807) is 0 Å². The molecular weight excluding hydrogens is 258 g/mol.